The van der Waals surface area contributed by atoms with E-state index in [0.29, 0.717) is 13.1 Å². The van der Waals surface area contributed by atoms with E-state index in [1.807, 2.05) is 18.7 Å². The van der Waals surface area contributed by atoms with Crippen molar-refractivity contribution in [3.63, 3.8) is 0 Å². The predicted molar refractivity (Wildman–Crippen MR) is 76.3 cm³/mol. The molecular weight excluding hydrogens is 240 g/mol. The second-order valence-electron chi connectivity index (χ2n) is 5.50. The molecule has 19 heavy (non-hydrogen) atoms. The Balaban J connectivity index is 1.99. The molecule has 1 atom stereocenters. The van der Waals surface area contributed by atoms with Crippen molar-refractivity contribution < 1.29 is 9.90 Å². The molecule has 0 radical (unpaired) electrons. The van der Waals surface area contributed by atoms with Crippen LogP contribution in [0.3, 0.4) is 0 Å². The molecule has 0 saturated carbocycles. The highest BCUT2D eigenvalue weighted by atomic mass is 16.3. The average molecular weight is 262 g/mol. The van der Waals surface area contributed by atoms with Crippen molar-refractivity contribution in [2.75, 3.05) is 25.0 Å². The van der Waals surface area contributed by atoms with Crippen molar-refractivity contribution >= 4 is 11.6 Å². The second-order valence-corrected chi connectivity index (χ2v) is 5.50. The smallest absolute Gasteiger partial charge is 0.238 e. The van der Waals surface area contributed by atoms with Gasteiger partial charge in [-0.25, -0.2) is 0 Å². The highest BCUT2D eigenvalue weighted by Gasteiger charge is 2.22. The number of aliphatic hydroxyl groups excluding tert-OH is 1. The topological polar surface area (TPSA) is 52.6 Å². The molecule has 1 fully saturated rings. The first-order valence-corrected chi connectivity index (χ1v) is 6.74. The van der Waals surface area contributed by atoms with Gasteiger partial charge in [0.05, 0.1) is 12.6 Å². The van der Waals surface area contributed by atoms with Crippen molar-refractivity contribution in [2.24, 2.45) is 0 Å². The molecule has 4 heteroatoms. The van der Waals surface area contributed by atoms with Crippen LogP contribution >= 0.6 is 0 Å². The Hall–Kier alpha value is -1.39. The first-order chi connectivity index (χ1) is 8.95. The zero-order valence-electron chi connectivity index (χ0n) is 11.9. The number of likely N-dealkylation sites (tertiary alicyclic amines) is 1. The molecule has 1 aliphatic rings. The Bertz CT molecular complexity index is 462. The standard InChI is InChI=1S/C15H22N2O2/c1-10-6-11(2)15(12(3)7-10)16-14(19)9-17-5-4-13(18)8-17/h6-7,13,18H,4-5,8-9H2,1-3H3,(H,16,19)/t13-/m1/s1. The fourth-order valence-corrected chi connectivity index (χ4v) is 2.72. The molecular formula is C15H22N2O2. The summed E-state index contributed by atoms with van der Waals surface area (Å²) in [6.07, 6.45) is 0.478. The quantitative estimate of drug-likeness (QED) is 0.870. The van der Waals surface area contributed by atoms with Crippen LogP contribution in [-0.4, -0.2) is 41.7 Å². The highest BCUT2D eigenvalue weighted by molar-refractivity contribution is 5.93. The summed E-state index contributed by atoms with van der Waals surface area (Å²) in [5.74, 6) is -0.0100. The largest absolute Gasteiger partial charge is 0.392 e. The van der Waals surface area contributed by atoms with Crippen LogP contribution < -0.4 is 5.32 Å². The number of amides is 1. The molecule has 0 unspecified atom stereocenters. The summed E-state index contributed by atoms with van der Waals surface area (Å²) < 4.78 is 0. The van der Waals surface area contributed by atoms with E-state index in [1.165, 1.54) is 5.56 Å². The van der Waals surface area contributed by atoms with E-state index in [2.05, 4.69) is 24.4 Å². The summed E-state index contributed by atoms with van der Waals surface area (Å²) >= 11 is 0. The molecule has 4 nitrogen and oxygen atoms in total. The number of carbonyl (C=O) groups is 1. The lowest BCUT2D eigenvalue weighted by Gasteiger charge is -2.17. The van der Waals surface area contributed by atoms with Crippen LogP contribution in [-0.2, 0) is 4.79 Å². The van der Waals surface area contributed by atoms with Crippen molar-refractivity contribution in [1.82, 2.24) is 4.90 Å². The zero-order valence-corrected chi connectivity index (χ0v) is 11.9. The number of anilines is 1. The fourth-order valence-electron chi connectivity index (χ4n) is 2.72. The number of hydrogen-bond donors (Lipinski definition) is 2. The van der Waals surface area contributed by atoms with Crippen LogP contribution in [0.15, 0.2) is 12.1 Å². The molecule has 0 bridgehead atoms. The van der Waals surface area contributed by atoms with Gasteiger partial charge in [0.15, 0.2) is 0 Å². The fraction of sp³-hybridized carbons (Fsp3) is 0.533. The molecule has 1 amide bonds. The highest BCUT2D eigenvalue weighted by Crippen LogP contribution is 2.22. The molecule has 1 aromatic rings. The summed E-state index contributed by atoms with van der Waals surface area (Å²) in [4.78, 5) is 14.0. The summed E-state index contributed by atoms with van der Waals surface area (Å²) in [5.41, 5.74) is 4.30. The first kappa shape index (κ1) is 14.0. The Morgan fingerprint density at radius 1 is 1.37 bits per heavy atom. The van der Waals surface area contributed by atoms with Gasteiger partial charge in [-0.05, 0) is 38.3 Å². The Morgan fingerprint density at radius 2 is 2.00 bits per heavy atom. The third kappa shape index (κ3) is 3.55. The zero-order chi connectivity index (χ0) is 14.0. The van der Waals surface area contributed by atoms with Gasteiger partial charge in [0.25, 0.3) is 0 Å². The van der Waals surface area contributed by atoms with E-state index < -0.39 is 0 Å². The van der Waals surface area contributed by atoms with Crippen molar-refractivity contribution in [3.05, 3.63) is 28.8 Å². The molecule has 1 aromatic carbocycles. The molecule has 2 rings (SSSR count). The molecule has 0 aromatic heterocycles. The van der Waals surface area contributed by atoms with Gasteiger partial charge in [-0.1, -0.05) is 17.7 Å². The maximum atomic E-state index is 12.0. The predicted octanol–water partition coefficient (Wildman–Crippen LogP) is 1.62. The number of β-amino-alcohol motifs (C(OH)–C–C–N with tert-alkyl or cyclic N) is 1. The van der Waals surface area contributed by atoms with Gasteiger partial charge >= 0.3 is 0 Å². The van der Waals surface area contributed by atoms with E-state index in [9.17, 15) is 9.90 Å². The summed E-state index contributed by atoms with van der Waals surface area (Å²) in [5, 5.41) is 12.4. The van der Waals surface area contributed by atoms with Gasteiger partial charge in [0.1, 0.15) is 0 Å². The maximum absolute atomic E-state index is 12.0. The van der Waals surface area contributed by atoms with Crippen molar-refractivity contribution in [1.29, 1.82) is 0 Å². The molecule has 104 valence electrons. The van der Waals surface area contributed by atoms with E-state index >= 15 is 0 Å². The van der Waals surface area contributed by atoms with Crippen LogP contribution in [0.1, 0.15) is 23.1 Å². The number of hydrogen-bond acceptors (Lipinski definition) is 3. The van der Waals surface area contributed by atoms with Gasteiger partial charge in [0.2, 0.25) is 5.91 Å². The molecule has 1 aliphatic heterocycles. The van der Waals surface area contributed by atoms with Crippen LogP contribution in [0, 0.1) is 20.8 Å². The third-order valence-corrected chi connectivity index (χ3v) is 3.56. The summed E-state index contributed by atoms with van der Waals surface area (Å²) in [6, 6.07) is 4.14. The second kappa shape index (κ2) is 5.72. The maximum Gasteiger partial charge on any atom is 0.238 e. The number of aryl methyl sites for hydroxylation is 3. The van der Waals surface area contributed by atoms with Gasteiger partial charge in [-0.3, -0.25) is 9.69 Å². The lowest BCUT2D eigenvalue weighted by Crippen LogP contribution is -2.32. The van der Waals surface area contributed by atoms with E-state index in [0.717, 1.165) is 29.8 Å². The lowest BCUT2D eigenvalue weighted by atomic mass is 10.1. The Labute approximate surface area is 114 Å². The summed E-state index contributed by atoms with van der Waals surface area (Å²) in [6.45, 7) is 7.81. The Kier molecular flexibility index (Phi) is 4.22. The number of nitrogens with one attached hydrogen (secondary N) is 1. The molecule has 0 spiro atoms. The monoisotopic (exact) mass is 262 g/mol. The van der Waals surface area contributed by atoms with Gasteiger partial charge in [0, 0.05) is 18.8 Å². The SMILES string of the molecule is Cc1cc(C)c(NC(=O)CN2CC[C@@H](O)C2)c(C)c1. The first-order valence-electron chi connectivity index (χ1n) is 6.74. The average Bonchev–Trinajstić information content (AvgIpc) is 2.69. The van der Waals surface area contributed by atoms with Gasteiger partial charge in [-0.2, -0.15) is 0 Å². The number of carbonyl (C=O) groups excluding carboxylic acids is 1. The molecule has 2 N–H and O–H groups in total. The van der Waals surface area contributed by atoms with Crippen molar-refractivity contribution in [3.8, 4) is 0 Å². The van der Waals surface area contributed by atoms with Crippen LogP contribution in [0.2, 0.25) is 0 Å². The van der Waals surface area contributed by atoms with Crippen LogP contribution in [0.25, 0.3) is 0 Å². The lowest BCUT2D eigenvalue weighted by molar-refractivity contribution is -0.117. The molecule has 1 saturated heterocycles. The number of nitrogens with zero attached hydrogens (tertiary/aromatic N) is 1. The normalized spacial score (nSPS) is 19.7. The minimum Gasteiger partial charge on any atom is -0.392 e. The number of aliphatic hydroxyl groups is 1. The van der Waals surface area contributed by atoms with Crippen LogP contribution in [0.5, 0.6) is 0 Å². The van der Waals surface area contributed by atoms with E-state index in [4.69, 9.17) is 0 Å². The molecule has 0 aliphatic carbocycles. The van der Waals surface area contributed by atoms with Gasteiger partial charge < -0.3 is 10.4 Å². The minimum atomic E-state index is -0.282. The third-order valence-electron chi connectivity index (χ3n) is 3.56. The van der Waals surface area contributed by atoms with Crippen molar-refractivity contribution in [2.45, 2.75) is 33.3 Å². The molecule has 1 heterocycles. The van der Waals surface area contributed by atoms with Gasteiger partial charge in [-0.15, -0.1) is 0 Å². The minimum absolute atomic E-state index is 0.0100. The Morgan fingerprint density at radius 3 is 2.53 bits per heavy atom. The summed E-state index contributed by atoms with van der Waals surface area (Å²) in [7, 11) is 0. The van der Waals surface area contributed by atoms with E-state index in [1.54, 1.807) is 0 Å². The number of benzene rings is 1. The van der Waals surface area contributed by atoms with Crippen LogP contribution in [0.4, 0.5) is 5.69 Å². The van der Waals surface area contributed by atoms with E-state index in [-0.39, 0.29) is 12.0 Å². The number of rotatable bonds is 3.